The maximum atomic E-state index is 13.9. The van der Waals surface area contributed by atoms with Gasteiger partial charge in [0.1, 0.15) is 11.6 Å². The lowest BCUT2D eigenvalue weighted by Gasteiger charge is -2.26. The Labute approximate surface area is 276 Å². The second-order valence-corrected chi connectivity index (χ2v) is 12.2. The van der Waals surface area contributed by atoms with E-state index in [-0.39, 0.29) is 11.6 Å². The van der Waals surface area contributed by atoms with Crippen LogP contribution in [0.25, 0.3) is 55.0 Å². The number of hydrogen-bond donors (Lipinski definition) is 0. The Morgan fingerprint density at radius 3 is 1.25 bits per heavy atom. The molecular weight excluding hydrogens is 596 g/mol. The summed E-state index contributed by atoms with van der Waals surface area (Å²) < 4.78 is 32.2. The molecule has 0 saturated heterocycles. The molecule has 0 atom stereocenters. The minimum absolute atomic E-state index is 0.256. The molecule has 0 aliphatic heterocycles. The minimum atomic E-state index is -0.256. The minimum Gasteiger partial charge on any atom is -0.310 e. The molecular formula is C43H29F2N3. The van der Waals surface area contributed by atoms with Crippen molar-refractivity contribution in [1.82, 2.24) is 9.13 Å². The van der Waals surface area contributed by atoms with E-state index >= 15 is 0 Å². The van der Waals surface area contributed by atoms with Crippen LogP contribution in [0.5, 0.6) is 0 Å². The van der Waals surface area contributed by atoms with Crippen LogP contribution in [0, 0.1) is 18.6 Å². The Hall–Kier alpha value is -6.20. The number of benzene rings is 7. The van der Waals surface area contributed by atoms with Gasteiger partial charge in [0, 0.05) is 50.0 Å². The molecule has 48 heavy (non-hydrogen) atoms. The van der Waals surface area contributed by atoms with E-state index in [4.69, 9.17) is 0 Å². The molecule has 0 amide bonds. The van der Waals surface area contributed by atoms with Crippen molar-refractivity contribution in [2.45, 2.75) is 6.92 Å². The lowest BCUT2D eigenvalue weighted by atomic mass is 10.1. The third kappa shape index (κ3) is 4.47. The van der Waals surface area contributed by atoms with Gasteiger partial charge in [0.25, 0.3) is 0 Å². The first-order valence-corrected chi connectivity index (χ1v) is 16.0. The standard InChI is InChI=1S/C43H29F2N3/c1-28-10-16-31(17-11-28)46(34-22-24-42-38(26-34)36-6-2-4-8-40(36)47(42)32-18-12-29(44)13-19-32)35-23-25-43-39(27-35)37-7-3-5-9-41(37)48(43)33-20-14-30(45)15-21-33/h2-27H,1H3. The molecule has 0 aliphatic rings. The Morgan fingerprint density at radius 1 is 0.396 bits per heavy atom. The van der Waals surface area contributed by atoms with Crippen molar-refractivity contribution >= 4 is 60.7 Å². The summed E-state index contributed by atoms with van der Waals surface area (Å²) in [4.78, 5) is 2.30. The molecule has 0 unspecified atom stereocenters. The van der Waals surface area contributed by atoms with Gasteiger partial charge in [-0.2, -0.15) is 0 Å². The van der Waals surface area contributed by atoms with Crippen molar-refractivity contribution in [2.24, 2.45) is 0 Å². The lowest BCUT2D eigenvalue weighted by Crippen LogP contribution is -2.10. The SMILES string of the molecule is Cc1ccc(N(c2ccc3c(c2)c2ccccc2n3-c2ccc(F)cc2)c2ccc3c(c2)c2ccccc2n3-c2ccc(F)cc2)cc1. The van der Waals surface area contributed by atoms with Gasteiger partial charge in [-0.15, -0.1) is 0 Å². The van der Waals surface area contributed by atoms with Crippen molar-refractivity contribution < 1.29 is 8.78 Å². The fraction of sp³-hybridized carbons (Fsp3) is 0.0233. The van der Waals surface area contributed by atoms with E-state index in [0.717, 1.165) is 72.0 Å². The van der Waals surface area contributed by atoms with Crippen LogP contribution >= 0.6 is 0 Å². The summed E-state index contributed by atoms with van der Waals surface area (Å²) in [6.45, 7) is 2.10. The average Bonchev–Trinajstić information content (AvgIpc) is 3.63. The number of rotatable bonds is 5. The van der Waals surface area contributed by atoms with Crippen LogP contribution in [0.1, 0.15) is 5.56 Å². The quantitative estimate of drug-likeness (QED) is 0.185. The second-order valence-electron chi connectivity index (χ2n) is 12.2. The van der Waals surface area contributed by atoms with Gasteiger partial charge in [0.2, 0.25) is 0 Å². The molecule has 2 heterocycles. The first kappa shape index (κ1) is 28.1. The van der Waals surface area contributed by atoms with Crippen LogP contribution in [-0.2, 0) is 0 Å². The largest absolute Gasteiger partial charge is 0.310 e. The van der Waals surface area contributed by atoms with Crippen LogP contribution in [0.3, 0.4) is 0 Å². The summed E-state index contributed by atoms with van der Waals surface area (Å²) in [6.07, 6.45) is 0. The van der Waals surface area contributed by atoms with Gasteiger partial charge in [-0.25, -0.2) is 8.78 Å². The molecule has 0 saturated carbocycles. The number of nitrogens with zero attached hydrogens (tertiary/aromatic N) is 3. The molecule has 0 radical (unpaired) electrons. The maximum Gasteiger partial charge on any atom is 0.123 e. The van der Waals surface area contributed by atoms with Gasteiger partial charge < -0.3 is 14.0 Å². The highest BCUT2D eigenvalue weighted by Gasteiger charge is 2.20. The summed E-state index contributed by atoms with van der Waals surface area (Å²) in [6, 6.07) is 51.8. The highest BCUT2D eigenvalue weighted by molar-refractivity contribution is 6.12. The summed E-state index contributed by atoms with van der Waals surface area (Å²) in [7, 11) is 0. The van der Waals surface area contributed by atoms with Gasteiger partial charge in [-0.3, -0.25) is 0 Å². The van der Waals surface area contributed by atoms with Crippen LogP contribution in [0.15, 0.2) is 158 Å². The van der Waals surface area contributed by atoms with Gasteiger partial charge in [-0.1, -0.05) is 54.1 Å². The third-order valence-electron chi connectivity index (χ3n) is 9.29. The normalized spacial score (nSPS) is 11.6. The smallest absolute Gasteiger partial charge is 0.123 e. The van der Waals surface area contributed by atoms with Gasteiger partial charge in [0.15, 0.2) is 0 Å². The number of para-hydroxylation sites is 2. The molecule has 3 nitrogen and oxygen atoms in total. The Bertz CT molecular complexity index is 2470. The first-order chi connectivity index (χ1) is 23.5. The predicted octanol–water partition coefficient (Wildman–Crippen LogP) is 11.9. The molecule has 0 N–H and O–H groups in total. The topological polar surface area (TPSA) is 13.1 Å². The zero-order valence-electron chi connectivity index (χ0n) is 26.1. The highest BCUT2D eigenvalue weighted by Crippen LogP contribution is 2.42. The van der Waals surface area contributed by atoms with Crippen LogP contribution < -0.4 is 4.90 Å². The highest BCUT2D eigenvalue weighted by atomic mass is 19.1. The van der Waals surface area contributed by atoms with Crippen molar-refractivity contribution in [3.63, 3.8) is 0 Å². The molecule has 0 aliphatic carbocycles. The van der Waals surface area contributed by atoms with Crippen molar-refractivity contribution in [2.75, 3.05) is 4.90 Å². The second kappa shape index (κ2) is 11.0. The van der Waals surface area contributed by atoms with Crippen molar-refractivity contribution in [3.05, 3.63) is 175 Å². The number of aryl methyl sites for hydroxylation is 1. The first-order valence-electron chi connectivity index (χ1n) is 16.0. The predicted molar refractivity (Wildman–Crippen MR) is 194 cm³/mol. The number of fused-ring (bicyclic) bond motifs is 6. The van der Waals surface area contributed by atoms with Crippen LogP contribution in [-0.4, -0.2) is 9.13 Å². The van der Waals surface area contributed by atoms with E-state index in [9.17, 15) is 8.78 Å². The van der Waals surface area contributed by atoms with E-state index in [1.54, 1.807) is 0 Å². The molecule has 230 valence electrons. The van der Waals surface area contributed by atoms with Crippen LogP contribution in [0.2, 0.25) is 0 Å². The zero-order valence-corrected chi connectivity index (χ0v) is 26.1. The van der Waals surface area contributed by atoms with E-state index in [2.05, 4.69) is 118 Å². The summed E-state index contributed by atoms with van der Waals surface area (Å²) in [5.74, 6) is -0.512. The summed E-state index contributed by atoms with van der Waals surface area (Å²) in [5.41, 5.74) is 10.3. The van der Waals surface area contributed by atoms with Crippen LogP contribution in [0.4, 0.5) is 25.8 Å². The van der Waals surface area contributed by atoms with E-state index < -0.39 is 0 Å². The number of anilines is 3. The van der Waals surface area contributed by atoms with E-state index in [1.165, 1.54) is 29.8 Å². The number of aromatic nitrogens is 2. The lowest BCUT2D eigenvalue weighted by molar-refractivity contribution is 0.627. The Kier molecular flexibility index (Phi) is 6.40. The molecule has 0 spiro atoms. The van der Waals surface area contributed by atoms with Gasteiger partial charge in [0.05, 0.1) is 22.1 Å². The molecule has 7 aromatic carbocycles. The fourth-order valence-electron chi connectivity index (χ4n) is 7.08. The van der Waals surface area contributed by atoms with Crippen molar-refractivity contribution in [1.29, 1.82) is 0 Å². The number of halogens is 2. The molecule has 0 fully saturated rings. The Morgan fingerprint density at radius 2 is 0.792 bits per heavy atom. The fourth-order valence-corrected chi connectivity index (χ4v) is 7.08. The van der Waals surface area contributed by atoms with Gasteiger partial charge in [-0.05, 0) is 116 Å². The molecule has 9 rings (SSSR count). The monoisotopic (exact) mass is 625 g/mol. The molecule has 2 aromatic heterocycles. The molecule has 0 bridgehead atoms. The van der Waals surface area contributed by atoms with Gasteiger partial charge >= 0.3 is 0 Å². The average molecular weight is 626 g/mol. The summed E-state index contributed by atoms with van der Waals surface area (Å²) in [5, 5.41) is 4.47. The number of hydrogen-bond acceptors (Lipinski definition) is 1. The third-order valence-corrected chi connectivity index (χ3v) is 9.29. The zero-order chi connectivity index (χ0) is 32.4. The Balaban J connectivity index is 1.27. The van der Waals surface area contributed by atoms with Crippen molar-refractivity contribution in [3.8, 4) is 11.4 Å². The molecule has 9 aromatic rings. The maximum absolute atomic E-state index is 13.9. The van der Waals surface area contributed by atoms with E-state index in [1.807, 2.05) is 36.4 Å². The summed E-state index contributed by atoms with van der Waals surface area (Å²) >= 11 is 0. The molecule has 5 heteroatoms. The van der Waals surface area contributed by atoms with E-state index in [0.29, 0.717) is 0 Å².